The minimum absolute atomic E-state index is 0.0304. The summed E-state index contributed by atoms with van der Waals surface area (Å²) < 4.78 is 1.57. The normalized spacial score (nSPS) is 10.3. The fourth-order valence-electron chi connectivity index (χ4n) is 1.65. The van der Waals surface area contributed by atoms with Crippen molar-refractivity contribution in [3.8, 4) is 0 Å². The Morgan fingerprint density at radius 1 is 1.16 bits per heavy atom. The number of hydrogen-bond donors (Lipinski definition) is 1. The van der Waals surface area contributed by atoms with E-state index in [0.717, 1.165) is 15.7 Å². The maximum Gasteiger partial charge on any atom is 0.293 e. The van der Waals surface area contributed by atoms with Crippen molar-refractivity contribution < 1.29 is 4.92 Å². The fourth-order valence-corrected chi connectivity index (χ4v) is 2.36. The van der Waals surface area contributed by atoms with Gasteiger partial charge in [-0.15, -0.1) is 0 Å². The summed E-state index contributed by atoms with van der Waals surface area (Å²) in [5.41, 5.74) is 2.34. The van der Waals surface area contributed by atoms with E-state index in [0.29, 0.717) is 10.2 Å². The van der Waals surface area contributed by atoms with E-state index >= 15 is 0 Å². The maximum atomic E-state index is 11.0. The second-order valence-electron chi connectivity index (χ2n) is 3.98. The Bertz CT molecular complexity index is 645. The summed E-state index contributed by atoms with van der Waals surface area (Å²) >= 11 is 6.71. The second-order valence-corrected chi connectivity index (χ2v) is 5.69. The molecule has 0 fully saturated rings. The lowest BCUT2D eigenvalue weighted by Gasteiger charge is -2.10. The minimum Gasteiger partial charge on any atom is -0.349 e. The van der Waals surface area contributed by atoms with Gasteiger partial charge in [-0.25, -0.2) is 0 Å². The second kappa shape index (κ2) is 5.71. The van der Waals surface area contributed by atoms with Crippen LogP contribution in [0.5, 0.6) is 0 Å². The van der Waals surface area contributed by atoms with Gasteiger partial charge >= 0.3 is 0 Å². The first kappa shape index (κ1) is 14.0. The fraction of sp³-hybridized carbons (Fsp3) is 0.0769. The quantitative estimate of drug-likeness (QED) is 0.585. The molecule has 6 heteroatoms. The summed E-state index contributed by atoms with van der Waals surface area (Å²) in [6, 6.07) is 10.6. The van der Waals surface area contributed by atoms with Gasteiger partial charge in [-0.3, -0.25) is 10.1 Å². The number of aryl methyl sites for hydroxylation is 1. The van der Waals surface area contributed by atoms with Crippen LogP contribution in [0.2, 0.25) is 0 Å². The molecule has 0 spiro atoms. The average molecular weight is 386 g/mol. The van der Waals surface area contributed by atoms with Crippen LogP contribution in [-0.4, -0.2) is 4.92 Å². The van der Waals surface area contributed by atoms with E-state index in [1.165, 1.54) is 6.07 Å². The smallest absolute Gasteiger partial charge is 0.293 e. The number of nitro groups is 1. The van der Waals surface area contributed by atoms with Crippen LogP contribution in [0, 0.1) is 17.0 Å². The van der Waals surface area contributed by atoms with Gasteiger partial charge in [0.2, 0.25) is 0 Å². The number of hydrogen-bond acceptors (Lipinski definition) is 3. The van der Waals surface area contributed by atoms with E-state index in [2.05, 4.69) is 37.2 Å². The predicted molar refractivity (Wildman–Crippen MR) is 83.0 cm³/mol. The van der Waals surface area contributed by atoms with Crippen LogP contribution < -0.4 is 5.32 Å². The van der Waals surface area contributed by atoms with E-state index in [-0.39, 0.29) is 5.69 Å². The van der Waals surface area contributed by atoms with Crippen molar-refractivity contribution in [2.24, 2.45) is 0 Å². The number of nitro benzene ring substituents is 1. The third kappa shape index (κ3) is 3.13. The molecule has 98 valence electrons. The molecule has 0 aliphatic carbocycles. The SMILES string of the molecule is Cc1cccc(Nc2ccc(Br)cc2[N+](=O)[O-])c1Br. The van der Waals surface area contributed by atoms with Gasteiger partial charge in [0.15, 0.2) is 0 Å². The third-order valence-electron chi connectivity index (χ3n) is 2.62. The highest BCUT2D eigenvalue weighted by Crippen LogP contribution is 2.34. The van der Waals surface area contributed by atoms with Gasteiger partial charge in [-0.2, -0.15) is 0 Å². The highest BCUT2D eigenvalue weighted by molar-refractivity contribution is 9.11. The molecule has 2 aromatic rings. The first-order valence-electron chi connectivity index (χ1n) is 5.45. The molecule has 0 atom stereocenters. The van der Waals surface area contributed by atoms with Crippen LogP contribution in [0.3, 0.4) is 0 Å². The van der Waals surface area contributed by atoms with Crippen LogP contribution in [0.4, 0.5) is 17.1 Å². The molecular formula is C13H10Br2N2O2. The van der Waals surface area contributed by atoms with Crippen molar-refractivity contribution >= 4 is 48.9 Å². The molecule has 0 saturated heterocycles. The van der Waals surface area contributed by atoms with Gasteiger partial charge in [0.1, 0.15) is 5.69 Å². The highest BCUT2D eigenvalue weighted by atomic mass is 79.9. The number of nitrogens with one attached hydrogen (secondary N) is 1. The molecule has 0 aliphatic heterocycles. The first-order valence-corrected chi connectivity index (χ1v) is 7.03. The molecule has 4 nitrogen and oxygen atoms in total. The van der Waals surface area contributed by atoms with Crippen LogP contribution in [-0.2, 0) is 0 Å². The van der Waals surface area contributed by atoms with Crippen LogP contribution in [0.1, 0.15) is 5.56 Å². The molecular weight excluding hydrogens is 376 g/mol. The molecule has 0 radical (unpaired) electrons. The van der Waals surface area contributed by atoms with Crippen molar-refractivity contribution in [3.63, 3.8) is 0 Å². The lowest BCUT2D eigenvalue weighted by atomic mass is 10.2. The van der Waals surface area contributed by atoms with Crippen LogP contribution in [0.15, 0.2) is 45.3 Å². The Morgan fingerprint density at radius 2 is 1.89 bits per heavy atom. The molecule has 0 aliphatic rings. The van der Waals surface area contributed by atoms with Crippen molar-refractivity contribution in [2.45, 2.75) is 6.92 Å². The van der Waals surface area contributed by atoms with E-state index in [1.54, 1.807) is 12.1 Å². The summed E-state index contributed by atoms with van der Waals surface area (Å²) in [5.74, 6) is 0. The highest BCUT2D eigenvalue weighted by Gasteiger charge is 2.15. The molecule has 0 amide bonds. The number of rotatable bonds is 3. The molecule has 0 aromatic heterocycles. The molecule has 0 bridgehead atoms. The zero-order chi connectivity index (χ0) is 14.0. The largest absolute Gasteiger partial charge is 0.349 e. The Balaban J connectivity index is 2.44. The van der Waals surface area contributed by atoms with Gasteiger partial charge in [0, 0.05) is 15.0 Å². The Kier molecular flexibility index (Phi) is 4.21. The molecule has 0 heterocycles. The zero-order valence-electron chi connectivity index (χ0n) is 9.98. The van der Waals surface area contributed by atoms with E-state index < -0.39 is 4.92 Å². The average Bonchev–Trinajstić information content (AvgIpc) is 2.36. The molecule has 2 aromatic carbocycles. The molecule has 0 saturated carbocycles. The summed E-state index contributed by atoms with van der Waals surface area (Å²) in [7, 11) is 0. The van der Waals surface area contributed by atoms with E-state index in [1.807, 2.05) is 25.1 Å². The summed E-state index contributed by atoms with van der Waals surface area (Å²) in [4.78, 5) is 10.6. The lowest BCUT2D eigenvalue weighted by molar-refractivity contribution is -0.384. The number of nitrogens with zero attached hydrogens (tertiary/aromatic N) is 1. The molecule has 1 N–H and O–H groups in total. The third-order valence-corrected chi connectivity index (χ3v) is 4.16. The standard InChI is InChI=1S/C13H10Br2N2O2/c1-8-3-2-4-11(13(8)15)16-10-6-5-9(14)7-12(10)17(18)19/h2-7,16H,1H3. The Morgan fingerprint density at radius 3 is 2.58 bits per heavy atom. The van der Waals surface area contributed by atoms with Crippen LogP contribution in [0.25, 0.3) is 0 Å². The van der Waals surface area contributed by atoms with E-state index in [9.17, 15) is 10.1 Å². The van der Waals surface area contributed by atoms with Crippen LogP contribution >= 0.6 is 31.9 Å². The van der Waals surface area contributed by atoms with Gasteiger partial charge in [0.05, 0.1) is 10.6 Å². The minimum atomic E-state index is -0.406. The maximum absolute atomic E-state index is 11.0. The number of benzene rings is 2. The lowest BCUT2D eigenvalue weighted by Crippen LogP contribution is -1.98. The predicted octanol–water partition coefficient (Wildman–Crippen LogP) is 5.17. The Hall–Kier alpha value is -1.40. The monoisotopic (exact) mass is 384 g/mol. The summed E-state index contributed by atoms with van der Waals surface area (Å²) in [6.45, 7) is 1.96. The van der Waals surface area contributed by atoms with E-state index in [4.69, 9.17) is 0 Å². The summed E-state index contributed by atoms with van der Waals surface area (Å²) in [5, 5.41) is 14.1. The van der Waals surface area contributed by atoms with Crippen molar-refractivity contribution in [1.82, 2.24) is 0 Å². The molecule has 0 unspecified atom stereocenters. The van der Waals surface area contributed by atoms with Crippen molar-refractivity contribution in [1.29, 1.82) is 0 Å². The topological polar surface area (TPSA) is 55.2 Å². The molecule has 2 rings (SSSR count). The van der Waals surface area contributed by atoms with Gasteiger partial charge < -0.3 is 5.32 Å². The van der Waals surface area contributed by atoms with Gasteiger partial charge in [-0.1, -0.05) is 28.1 Å². The first-order chi connectivity index (χ1) is 8.99. The zero-order valence-corrected chi connectivity index (χ0v) is 13.2. The van der Waals surface area contributed by atoms with Gasteiger partial charge in [-0.05, 0) is 46.6 Å². The van der Waals surface area contributed by atoms with Crippen molar-refractivity contribution in [3.05, 3.63) is 61.0 Å². The van der Waals surface area contributed by atoms with Crippen molar-refractivity contribution in [2.75, 3.05) is 5.32 Å². The number of halogens is 2. The number of anilines is 2. The molecule has 19 heavy (non-hydrogen) atoms. The Labute approximate surface area is 127 Å². The summed E-state index contributed by atoms with van der Waals surface area (Å²) in [6.07, 6.45) is 0. The van der Waals surface area contributed by atoms with Gasteiger partial charge in [0.25, 0.3) is 5.69 Å².